The van der Waals surface area contributed by atoms with Gasteiger partial charge in [0.1, 0.15) is 0 Å². The fourth-order valence-electron chi connectivity index (χ4n) is 4.42. The molecule has 5 nitrogen and oxygen atoms in total. The van der Waals surface area contributed by atoms with Crippen molar-refractivity contribution in [3.05, 3.63) is 83.9 Å². The molecular weight excluding hydrogens is 426 g/mol. The van der Waals surface area contributed by atoms with Crippen molar-refractivity contribution in [3.8, 4) is 0 Å². The van der Waals surface area contributed by atoms with Gasteiger partial charge in [-0.05, 0) is 48.6 Å². The smallest absolute Gasteiger partial charge is 0.330 e. The molecule has 3 rings (SSSR count). The molecule has 0 aromatic heterocycles. The summed E-state index contributed by atoms with van der Waals surface area (Å²) in [6.45, 7) is 5.60. The number of hydrogen-bond acceptors (Lipinski definition) is 5. The summed E-state index contributed by atoms with van der Waals surface area (Å²) in [5.41, 5.74) is 2.67. The van der Waals surface area contributed by atoms with E-state index in [-0.39, 0.29) is 5.97 Å². The van der Waals surface area contributed by atoms with Gasteiger partial charge in [-0.15, -0.1) is 0 Å². The number of methoxy groups -OCH3 is 1. The highest BCUT2D eigenvalue weighted by atomic mass is 16.5. The summed E-state index contributed by atoms with van der Waals surface area (Å²) in [6.07, 6.45) is 7.89. The molecule has 0 spiro atoms. The second-order valence-electron chi connectivity index (χ2n) is 9.11. The molecule has 2 aromatic rings. The molecule has 0 heterocycles. The molecule has 1 aliphatic carbocycles. The lowest BCUT2D eigenvalue weighted by atomic mass is 9.83. The predicted octanol–water partition coefficient (Wildman–Crippen LogP) is 5.26. The van der Waals surface area contributed by atoms with Crippen molar-refractivity contribution in [3.63, 3.8) is 0 Å². The first-order chi connectivity index (χ1) is 16.7. The zero-order chi connectivity index (χ0) is 23.8. The van der Waals surface area contributed by atoms with Crippen LogP contribution in [0.1, 0.15) is 36.8 Å². The van der Waals surface area contributed by atoms with E-state index in [4.69, 9.17) is 9.47 Å². The summed E-state index contributed by atoms with van der Waals surface area (Å²) in [5, 5.41) is 0. The van der Waals surface area contributed by atoms with E-state index in [0.717, 1.165) is 39.5 Å². The Kier molecular flexibility index (Phi) is 11.9. The van der Waals surface area contributed by atoms with Crippen LogP contribution in [0.3, 0.4) is 0 Å². The fraction of sp³-hybridized carbons (Fsp3) is 0.483. The molecule has 1 aliphatic rings. The van der Waals surface area contributed by atoms with Crippen LogP contribution in [0, 0.1) is 11.8 Å². The van der Waals surface area contributed by atoms with Crippen LogP contribution in [0.15, 0.2) is 72.8 Å². The van der Waals surface area contributed by atoms with Crippen LogP contribution in [-0.4, -0.2) is 51.0 Å². The molecule has 0 radical (unpaired) electrons. The quantitative estimate of drug-likeness (QED) is 0.216. The van der Waals surface area contributed by atoms with Crippen molar-refractivity contribution in [1.82, 2.24) is 4.90 Å². The SMILES string of the molecule is COC(=O)/C=C/COC[C@H]1CC[C@@H](COCCN(Cc2ccccc2)Cc2ccccc2)CC1. The first kappa shape index (κ1) is 26.1. The minimum atomic E-state index is -0.340. The van der Waals surface area contributed by atoms with Gasteiger partial charge in [-0.3, -0.25) is 4.90 Å². The van der Waals surface area contributed by atoms with Crippen molar-refractivity contribution in [2.24, 2.45) is 11.8 Å². The Balaban J connectivity index is 1.32. The molecule has 0 atom stereocenters. The molecule has 34 heavy (non-hydrogen) atoms. The molecule has 0 amide bonds. The second-order valence-corrected chi connectivity index (χ2v) is 9.11. The maximum Gasteiger partial charge on any atom is 0.330 e. The predicted molar refractivity (Wildman–Crippen MR) is 135 cm³/mol. The van der Waals surface area contributed by atoms with Crippen LogP contribution < -0.4 is 0 Å². The average Bonchev–Trinajstić information content (AvgIpc) is 2.88. The van der Waals surface area contributed by atoms with Gasteiger partial charge in [0.15, 0.2) is 0 Å². The molecule has 0 N–H and O–H groups in total. The lowest BCUT2D eigenvalue weighted by Crippen LogP contribution is -2.28. The third-order valence-corrected chi connectivity index (χ3v) is 6.39. The molecule has 1 fully saturated rings. The number of hydrogen-bond donors (Lipinski definition) is 0. The van der Waals surface area contributed by atoms with Gasteiger partial charge in [-0.25, -0.2) is 4.79 Å². The number of esters is 1. The van der Waals surface area contributed by atoms with Crippen LogP contribution in [0.2, 0.25) is 0 Å². The van der Waals surface area contributed by atoms with Crippen LogP contribution in [0.25, 0.3) is 0 Å². The number of nitrogens with zero attached hydrogens (tertiary/aromatic N) is 1. The van der Waals surface area contributed by atoms with E-state index < -0.39 is 0 Å². The molecular formula is C29H39NO4. The highest BCUT2D eigenvalue weighted by molar-refractivity contribution is 5.81. The maximum atomic E-state index is 11.0. The van der Waals surface area contributed by atoms with E-state index in [9.17, 15) is 4.79 Å². The summed E-state index contributed by atoms with van der Waals surface area (Å²) >= 11 is 0. The third kappa shape index (κ3) is 10.2. The normalized spacial score (nSPS) is 18.4. The van der Waals surface area contributed by atoms with Crippen LogP contribution in [0.5, 0.6) is 0 Å². The maximum absolute atomic E-state index is 11.0. The van der Waals surface area contributed by atoms with Gasteiger partial charge in [-0.2, -0.15) is 0 Å². The molecule has 0 aliphatic heterocycles. The van der Waals surface area contributed by atoms with Gasteiger partial charge in [0.25, 0.3) is 0 Å². The highest BCUT2D eigenvalue weighted by Crippen LogP contribution is 2.29. The standard InChI is InChI=1S/C29H39NO4/c1-32-29(31)13-8-19-33-23-27-14-16-28(17-15-27)24-34-20-18-30(21-25-9-4-2-5-10-25)22-26-11-6-3-7-12-26/h2-13,27-28H,14-24H2,1H3/b13-8+/t27-,28+. The monoisotopic (exact) mass is 465 g/mol. The third-order valence-electron chi connectivity index (χ3n) is 6.39. The highest BCUT2D eigenvalue weighted by Gasteiger charge is 2.21. The van der Waals surface area contributed by atoms with E-state index in [1.54, 1.807) is 6.08 Å². The summed E-state index contributed by atoms with van der Waals surface area (Å²) in [5.74, 6) is 0.912. The molecule has 1 saturated carbocycles. The first-order valence-corrected chi connectivity index (χ1v) is 12.4. The van der Waals surface area contributed by atoms with E-state index in [1.165, 1.54) is 50.0 Å². The van der Waals surface area contributed by atoms with E-state index in [0.29, 0.717) is 18.4 Å². The Hall–Kier alpha value is -2.47. The van der Waals surface area contributed by atoms with Gasteiger partial charge in [0, 0.05) is 38.9 Å². The van der Waals surface area contributed by atoms with Crippen molar-refractivity contribution in [1.29, 1.82) is 0 Å². The summed E-state index contributed by atoms with van der Waals surface area (Å²) in [6, 6.07) is 21.3. The van der Waals surface area contributed by atoms with Crippen LogP contribution in [0.4, 0.5) is 0 Å². The average molecular weight is 466 g/mol. The number of carbonyl (C=O) groups excluding carboxylic acids is 1. The minimum Gasteiger partial charge on any atom is -0.466 e. The molecule has 0 saturated heterocycles. The first-order valence-electron chi connectivity index (χ1n) is 12.4. The largest absolute Gasteiger partial charge is 0.466 e. The Morgan fingerprint density at radius 3 is 1.91 bits per heavy atom. The molecule has 0 unspecified atom stereocenters. The van der Waals surface area contributed by atoms with Crippen molar-refractivity contribution < 1.29 is 19.0 Å². The number of rotatable bonds is 14. The lowest BCUT2D eigenvalue weighted by molar-refractivity contribution is -0.134. The van der Waals surface area contributed by atoms with Crippen molar-refractivity contribution in [2.75, 3.05) is 40.1 Å². The van der Waals surface area contributed by atoms with Gasteiger partial charge >= 0.3 is 5.97 Å². The van der Waals surface area contributed by atoms with Crippen LogP contribution in [-0.2, 0) is 32.1 Å². The Bertz CT molecular complexity index is 790. The van der Waals surface area contributed by atoms with Crippen LogP contribution >= 0.6 is 0 Å². The molecule has 184 valence electrons. The molecule has 5 heteroatoms. The number of ether oxygens (including phenoxy) is 3. The van der Waals surface area contributed by atoms with E-state index >= 15 is 0 Å². The van der Waals surface area contributed by atoms with Gasteiger partial charge < -0.3 is 14.2 Å². The lowest BCUT2D eigenvalue weighted by Gasteiger charge is -2.28. The molecule has 0 bridgehead atoms. The topological polar surface area (TPSA) is 48.0 Å². The second kappa shape index (κ2) is 15.4. The number of carbonyl (C=O) groups is 1. The van der Waals surface area contributed by atoms with Gasteiger partial charge in [0.05, 0.1) is 20.3 Å². The Morgan fingerprint density at radius 2 is 1.38 bits per heavy atom. The Labute approximate surface area is 204 Å². The van der Waals surface area contributed by atoms with Gasteiger partial charge in [-0.1, -0.05) is 66.7 Å². The van der Waals surface area contributed by atoms with Gasteiger partial charge in [0.2, 0.25) is 0 Å². The fourth-order valence-corrected chi connectivity index (χ4v) is 4.42. The minimum absolute atomic E-state index is 0.340. The van der Waals surface area contributed by atoms with Crippen molar-refractivity contribution in [2.45, 2.75) is 38.8 Å². The Morgan fingerprint density at radius 1 is 0.853 bits per heavy atom. The summed E-state index contributed by atoms with van der Waals surface area (Å²) in [7, 11) is 1.38. The zero-order valence-electron chi connectivity index (χ0n) is 20.4. The summed E-state index contributed by atoms with van der Waals surface area (Å²) < 4.78 is 16.4. The molecule has 2 aromatic carbocycles. The zero-order valence-corrected chi connectivity index (χ0v) is 20.4. The van der Waals surface area contributed by atoms with E-state index in [2.05, 4.69) is 70.3 Å². The summed E-state index contributed by atoms with van der Waals surface area (Å²) in [4.78, 5) is 13.5. The van der Waals surface area contributed by atoms with E-state index in [1.807, 2.05) is 0 Å². The number of benzene rings is 2. The van der Waals surface area contributed by atoms with Crippen molar-refractivity contribution >= 4 is 5.97 Å².